The maximum atomic E-state index is 12.0. The third-order valence-corrected chi connectivity index (χ3v) is 3.93. The molecule has 2 bridgehead atoms. The molecule has 0 radical (unpaired) electrons. The summed E-state index contributed by atoms with van der Waals surface area (Å²) in [6.45, 7) is 0.914. The first-order chi connectivity index (χ1) is 7.67. The fourth-order valence-corrected chi connectivity index (χ4v) is 2.86. The van der Waals surface area contributed by atoms with Gasteiger partial charge in [-0.2, -0.15) is 0 Å². The highest BCUT2D eigenvalue weighted by Crippen LogP contribution is 2.34. The highest BCUT2D eigenvalue weighted by Gasteiger charge is 2.45. The van der Waals surface area contributed by atoms with E-state index in [-0.39, 0.29) is 18.1 Å². The van der Waals surface area contributed by atoms with Gasteiger partial charge in [0, 0.05) is 6.61 Å². The van der Waals surface area contributed by atoms with Crippen LogP contribution >= 0.6 is 0 Å². The van der Waals surface area contributed by atoms with E-state index in [2.05, 4.69) is 5.32 Å². The zero-order valence-electron chi connectivity index (χ0n) is 9.28. The first-order valence-electron chi connectivity index (χ1n) is 6.00. The van der Waals surface area contributed by atoms with E-state index >= 15 is 0 Å². The van der Waals surface area contributed by atoms with Gasteiger partial charge in [-0.25, -0.2) is 0 Å². The molecule has 0 aromatic carbocycles. The van der Waals surface area contributed by atoms with E-state index in [1.54, 1.807) is 0 Å². The lowest BCUT2D eigenvalue weighted by molar-refractivity contribution is -0.127. The predicted molar refractivity (Wildman–Crippen MR) is 56.8 cm³/mol. The molecular weight excluding hydrogens is 208 g/mol. The summed E-state index contributed by atoms with van der Waals surface area (Å²) in [6, 6.07) is 0.160. The Bertz CT molecular complexity index is 302. The molecule has 0 saturated carbocycles. The minimum Gasteiger partial charge on any atom is -0.379 e. The van der Waals surface area contributed by atoms with Crippen LogP contribution in [0.15, 0.2) is 0 Å². The topological polar surface area (TPSA) is 73.6 Å². The molecule has 3 rings (SSSR count). The first kappa shape index (κ1) is 10.5. The van der Waals surface area contributed by atoms with Gasteiger partial charge in [-0.05, 0) is 25.7 Å². The second kappa shape index (κ2) is 3.68. The third-order valence-electron chi connectivity index (χ3n) is 3.93. The Kier molecular flexibility index (Phi) is 2.42. The smallest absolute Gasteiger partial charge is 0.242 e. The van der Waals surface area contributed by atoms with Crippen LogP contribution in [0, 0.1) is 0 Å². The SMILES string of the molecule is NC1(C(=O)NC2CC3CCC2O3)CCOC1. The van der Waals surface area contributed by atoms with Gasteiger partial charge in [-0.1, -0.05) is 0 Å². The van der Waals surface area contributed by atoms with E-state index in [1.807, 2.05) is 0 Å². The van der Waals surface area contributed by atoms with Crippen LogP contribution in [0.25, 0.3) is 0 Å². The van der Waals surface area contributed by atoms with Gasteiger partial charge >= 0.3 is 0 Å². The van der Waals surface area contributed by atoms with Gasteiger partial charge in [-0.15, -0.1) is 0 Å². The number of nitrogens with two attached hydrogens (primary N) is 1. The number of hydrogen-bond acceptors (Lipinski definition) is 4. The molecule has 5 nitrogen and oxygen atoms in total. The summed E-state index contributed by atoms with van der Waals surface area (Å²) in [5.41, 5.74) is 5.18. The van der Waals surface area contributed by atoms with Crippen LogP contribution in [0.2, 0.25) is 0 Å². The van der Waals surface area contributed by atoms with Crippen molar-refractivity contribution in [2.45, 2.75) is 49.5 Å². The summed E-state index contributed by atoms with van der Waals surface area (Å²) in [4.78, 5) is 12.0. The molecule has 3 fully saturated rings. The summed E-state index contributed by atoms with van der Waals surface area (Å²) in [6.07, 6.45) is 4.30. The van der Waals surface area contributed by atoms with Gasteiger partial charge in [0.2, 0.25) is 5.91 Å². The Labute approximate surface area is 94.6 Å². The van der Waals surface area contributed by atoms with Crippen molar-refractivity contribution < 1.29 is 14.3 Å². The molecule has 3 heterocycles. The molecule has 4 unspecified atom stereocenters. The normalized spacial score (nSPS) is 46.2. The van der Waals surface area contributed by atoms with Crippen LogP contribution in [-0.4, -0.2) is 42.9 Å². The van der Waals surface area contributed by atoms with E-state index < -0.39 is 5.54 Å². The Hall–Kier alpha value is -0.650. The fourth-order valence-electron chi connectivity index (χ4n) is 2.86. The summed E-state index contributed by atoms with van der Waals surface area (Å²) < 4.78 is 10.9. The average molecular weight is 226 g/mol. The minimum atomic E-state index is -0.818. The summed E-state index contributed by atoms with van der Waals surface area (Å²) in [7, 11) is 0. The van der Waals surface area contributed by atoms with Gasteiger partial charge in [0.05, 0.1) is 24.9 Å². The van der Waals surface area contributed by atoms with Gasteiger partial charge in [0.15, 0.2) is 0 Å². The van der Waals surface area contributed by atoms with Gasteiger partial charge in [0.1, 0.15) is 5.54 Å². The molecule has 5 heteroatoms. The number of amides is 1. The summed E-state index contributed by atoms with van der Waals surface area (Å²) in [5, 5.41) is 3.02. The van der Waals surface area contributed by atoms with Gasteiger partial charge in [-0.3, -0.25) is 4.79 Å². The van der Waals surface area contributed by atoms with E-state index in [9.17, 15) is 4.79 Å². The number of fused-ring (bicyclic) bond motifs is 2. The van der Waals surface area contributed by atoms with E-state index in [4.69, 9.17) is 15.2 Å². The third kappa shape index (κ3) is 1.63. The second-order valence-electron chi connectivity index (χ2n) is 5.15. The van der Waals surface area contributed by atoms with Crippen LogP contribution in [-0.2, 0) is 14.3 Å². The Morgan fingerprint density at radius 1 is 1.44 bits per heavy atom. The molecule has 90 valence electrons. The van der Waals surface area contributed by atoms with E-state index in [0.717, 1.165) is 19.3 Å². The van der Waals surface area contributed by atoms with E-state index in [0.29, 0.717) is 25.7 Å². The van der Waals surface area contributed by atoms with Crippen molar-refractivity contribution in [3.05, 3.63) is 0 Å². The molecule has 3 aliphatic heterocycles. The van der Waals surface area contributed by atoms with Crippen molar-refractivity contribution in [1.82, 2.24) is 5.32 Å². The van der Waals surface area contributed by atoms with Gasteiger partial charge in [0.25, 0.3) is 0 Å². The Morgan fingerprint density at radius 3 is 2.88 bits per heavy atom. The predicted octanol–water partition coefficient (Wildman–Crippen LogP) is -0.460. The average Bonchev–Trinajstić information content (AvgIpc) is 2.93. The maximum Gasteiger partial charge on any atom is 0.242 e. The zero-order chi connectivity index (χ0) is 11.2. The molecular formula is C11H18N2O3. The highest BCUT2D eigenvalue weighted by atomic mass is 16.5. The van der Waals surface area contributed by atoms with Crippen molar-refractivity contribution >= 4 is 5.91 Å². The molecule has 1 amide bonds. The van der Waals surface area contributed by atoms with Crippen molar-refractivity contribution in [3.63, 3.8) is 0 Å². The van der Waals surface area contributed by atoms with E-state index in [1.165, 1.54) is 0 Å². The van der Waals surface area contributed by atoms with Crippen LogP contribution in [0.3, 0.4) is 0 Å². The molecule has 3 aliphatic rings. The molecule has 0 aromatic rings. The van der Waals surface area contributed by atoms with Crippen LogP contribution in [0.1, 0.15) is 25.7 Å². The van der Waals surface area contributed by atoms with Crippen LogP contribution in [0.4, 0.5) is 0 Å². The lowest BCUT2D eigenvalue weighted by Crippen LogP contribution is -2.58. The molecule has 3 saturated heterocycles. The van der Waals surface area contributed by atoms with Crippen LogP contribution in [0.5, 0.6) is 0 Å². The Balaban J connectivity index is 1.60. The van der Waals surface area contributed by atoms with Crippen LogP contribution < -0.4 is 11.1 Å². The highest BCUT2D eigenvalue weighted by molar-refractivity contribution is 5.86. The molecule has 0 spiro atoms. The zero-order valence-corrected chi connectivity index (χ0v) is 9.28. The first-order valence-corrected chi connectivity index (χ1v) is 6.00. The second-order valence-corrected chi connectivity index (χ2v) is 5.15. The lowest BCUT2D eigenvalue weighted by atomic mass is 9.93. The number of rotatable bonds is 2. The number of nitrogens with one attached hydrogen (secondary N) is 1. The van der Waals surface area contributed by atoms with Crippen molar-refractivity contribution in [1.29, 1.82) is 0 Å². The fraction of sp³-hybridized carbons (Fsp3) is 0.909. The van der Waals surface area contributed by atoms with Crippen molar-refractivity contribution in [2.24, 2.45) is 5.73 Å². The Morgan fingerprint density at radius 2 is 2.31 bits per heavy atom. The quantitative estimate of drug-likeness (QED) is 0.668. The maximum absolute atomic E-state index is 12.0. The number of ether oxygens (including phenoxy) is 2. The minimum absolute atomic E-state index is 0.0776. The monoisotopic (exact) mass is 226 g/mol. The summed E-state index contributed by atoms with van der Waals surface area (Å²) in [5.74, 6) is -0.0776. The standard InChI is InChI=1S/C11H18N2O3/c12-11(3-4-15-6-11)10(14)13-8-5-7-1-2-9(8)16-7/h7-9H,1-6,12H2,(H,13,14). The molecule has 4 atom stereocenters. The molecule has 3 N–H and O–H groups in total. The van der Waals surface area contributed by atoms with Gasteiger partial charge < -0.3 is 20.5 Å². The van der Waals surface area contributed by atoms with Crippen molar-refractivity contribution in [2.75, 3.05) is 13.2 Å². The number of carbonyl (C=O) groups excluding carboxylic acids is 1. The van der Waals surface area contributed by atoms with Crippen molar-refractivity contribution in [3.8, 4) is 0 Å². The molecule has 16 heavy (non-hydrogen) atoms. The summed E-state index contributed by atoms with van der Waals surface area (Å²) >= 11 is 0. The number of carbonyl (C=O) groups is 1. The molecule has 0 aliphatic carbocycles. The largest absolute Gasteiger partial charge is 0.379 e. The molecule has 0 aromatic heterocycles. The lowest BCUT2D eigenvalue weighted by Gasteiger charge is -2.26. The number of hydrogen-bond donors (Lipinski definition) is 2.